The van der Waals surface area contributed by atoms with Crippen LogP contribution in [-0.4, -0.2) is 44.4 Å². The van der Waals surface area contributed by atoms with E-state index in [4.69, 9.17) is 4.74 Å². The van der Waals surface area contributed by atoms with Gasteiger partial charge in [0.2, 0.25) is 5.95 Å². The SMILES string of the molecule is CCOC(=O)c1cccc(Nc2nc3cccc(N[C@H]4CC[C@@H](O)CC4)n3n2)c1. The van der Waals surface area contributed by atoms with Crippen LogP contribution in [0.4, 0.5) is 17.5 Å². The van der Waals surface area contributed by atoms with Gasteiger partial charge in [0.05, 0.1) is 18.3 Å². The van der Waals surface area contributed by atoms with Crippen molar-refractivity contribution in [2.24, 2.45) is 0 Å². The Morgan fingerprint density at radius 2 is 2.00 bits per heavy atom. The van der Waals surface area contributed by atoms with Crippen molar-refractivity contribution in [1.82, 2.24) is 14.6 Å². The molecule has 0 saturated heterocycles. The predicted octanol–water partition coefficient (Wildman–Crippen LogP) is 3.37. The van der Waals surface area contributed by atoms with Crippen molar-refractivity contribution < 1.29 is 14.6 Å². The van der Waals surface area contributed by atoms with Crippen LogP contribution in [-0.2, 0) is 4.74 Å². The number of aliphatic hydroxyl groups excluding tert-OH is 1. The summed E-state index contributed by atoms with van der Waals surface area (Å²) in [7, 11) is 0. The van der Waals surface area contributed by atoms with E-state index in [1.54, 1.807) is 29.6 Å². The number of hydrogen-bond acceptors (Lipinski definition) is 7. The molecule has 2 heterocycles. The maximum Gasteiger partial charge on any atom is 0.338 e. The van der Waals surface area contributed by atoms with E-state index < -0.39 is 0 Å². The summed E-state index contributed by atoms with van der Waals surface area (Å²) in [6.45, 7) is 2.11. The maximum atomic E-state index is 11.9. The van der Waals surface area contributed by atoms with E-state index in [9.17, 15) is 9.90 Å². The lowest BCUT2D eigenvalue weighted by molar-refractivity contribution is 0.0526. The molecular weight excluding hydrogens is 370 g/mol. The largest absolute Gasteiger partial charge is 0.462 e. The van der Waals surface area contributed by atoms with Crippen LogP contribution in [0.1, 0.15) is 43.0 Å². The van der Waals surface area contributed by atoms with Gasteiger partial charge < -0.3 is 20.5 Å². The Kier molecular flexibility index (Phi) is 5.62. The Balaban J connectivity index is 1.52. The van der Waals surface area contributed by atoms with Crippen molar-refractivity contribution in [3.05, 3.63) is 48.0 Å². The normalized spacial score (nSPS) is 19.1. The number of anilines is 3. The summed E-state index contributed by atoms with van der Waals surface area (Å²) in [4.78, 5) is 16.5. The van der Waals surface area contributed by atoms with Gasteiger partial charge in [0, 0.05) is 11.7 Å². The van der Waals surface area contributed by atoms with Crippen LogP contribution >= 0.6 is 0 Å². The number of carbonyl (C=O) groups excluding carboxylic acids is 1. The highest BCUT2D eigenvalue weighted by Gasteiger charge is 2.20. The summed E-state index contributed by atoms with van der Waals surface area (Å²) in [6.07, 6.45) is 3.30. The molecule has 1 aliphatic carbocycles. The van der Waals surface area contributed by atoms with E-state index in [0.717, 1.165) is 37.1 Å². The molecule has 0 spiro atoms. The molecule has 0 radical (unpaired) electrons. The number of rotatable bonds is 6. The molecule has 0 aliphatic heterocycles. The minimum absolute atomic E-state index is 0.184. The van der Waals surface area contributed by atoms with Gasteiger partial charge in [-0.05, 0) is 62.9 Å². The lowest BCUT2D eigenvalue weighted by Crippen LogP contribution is -2.29. The molecule has 4 rings (SSSR count). The quantitative estimate of drug-likeness (QED) is 0.550. The van der Waals surface area contributed by atoms with Crippen LogP contribution in [0.15, 0.2) is 42.5 Å². The zero-order chi connectivity index (χ0) is 20.2. The van der Waals surface area contributed by atoms with Crippen LogP contribution in [0.3, 0.4) is 0 Å². The number of esters is 1. The lowest BCUT2D eigenvalue weighted by atomic mass is 9.93. The van der Waals surface area contributed by atoms with Gasteiger partial charge in [0.15, 0.2) is 5.65 Å². The predicted molar refractivity (Wildman–Crippen MR) is 111 cm³/mol. The molecule has 1 aromatic carbocycles. The number of fused-ring (bicyclic) bond motifs is 1. The highest BCUT2D eigenvalue weighted by atomic mass is 16.5. The van der Waals surface area contributed by atoms with E-state index in [1.807, 2.05) is 24.3 Å². The number of benzene rings is 1. The van der Waals surface area contributed by atoms with Crippen LogP contribution in [0.5, 0.6) is 0 Å². The Morgan fingerprint density at radius 1 is 1.21 bits per heavy atom. The topological polar surface area (TPSA) is 101 Å². The Labute approximate surface area is 168 Å². The van der Waals surface area contributed by atoms with Gasteiger partial charge in [-0.1, -0.05) is 12.1 Å². The van der Waals surface area contributed by atoms with E-state index in [1.165, 1.54) is 0 Å². The second-order valence-corrected chi connectivity index (χ2v) is 7.19. The molecule has 8 nitrogen and oxygen atoms in total. The van der Waals surface area contributed by atoms with E-state index in [-0.39, 0.29) is 12.1 Å². The summed E-state index contributed by atoms with van der Waals surface area (Å²) in [5.74, 6) is 0.951. The van der Waals surface area contributed by atoms with Crippen LogP contribution in [0.2, 0.25) is 0 Å². The standard InChI is InChI=1S/C21H25N5O3/c1-2-29-20(28)14-5-3-6-16(13-14)23-21-24-19-8-4-7-18(26(19)25-21)22-15-9-11-17(27)12-10-15/h3-8,13,15,17,22,27H,2,9-12H2,1H3,(H,23,25)/t15-,17+. The monoisotopic (exact) mass is 395 g/mol. The molecule has 3 aromatic rings. The Bertz CT molecular complexity index is 995. The van der Waals surface area contributed by atoms with E-state index in [0.29, 0.717) is 29.8 Å². The first-order valence-corrected chi connectivity index (χ1v) is 9.97. The number of ether oxygens (including phenoxy) is 1. The van der Waals surface area contributed by atoms with Gasteiger partial charge in [0.1, 0.15) is 5.82 Å². The third kappa shape index (κ3) is 4.48. The van der Waals surface area contributed by atoms with Crippen LogP contribution in [0, 0.1) is 0 Å². The second kappa shape index (κ2) is 8.48. The number of hydrogen-bond donors (Lipinski definition) is 3. The van der Waals surface area contributed by atoms with Crippen molar-refractivity contribution in [1.29, 1.82) is 0 Å². The Morgan fingerprint density at radius 3 is 2.79 bits per heavy atom. The van der Waals surface area contributed by atoms with Crippen molar-refractivity contribution in [3.8, 4) is 0 Å². The van der Waals surface area contributed by atoms with Crippen LogP contribution < -0.4 is 10.6 Å². The number of carbonyl (C=O) groups is 1. The average Bonchev–Trinajstić information content (AvgIpc) is 3.13. The Hall–Kier alpha value is -3.13. The lowest BCUT2D eigenvalue weighted by Gasteiger charge is -2.26. The van der Waals surface area contributed by atoms with Gasteiger partial charge in [-0.2, -0.15) is 9.50 Å². The van der Waals surface area contributed by atoms with Gasteiger partial charge >= 0.3 is 5.97 Å². The first-order chi connectivity index (χ1) is 14.1. The second-order valence-electron chi connectivity index (χ2n) is 7.19. The molecule has 29 heavy (non-hydrogen) atoms. The number of aromatic nitrogens is 3. The molecule has 152 valence electrons. The fraction of sp³-hybridized carbons (Fsp3) is 0.381. The number of pyridine rings is 1. The first kappa shape index (κ1) is 19.2. The minimum Gasteiger partial charge on any atom is -0.462 e. The van der Waals surface area contributed by atoms with Gasteiger partial charge in [-0.15, -0.1) is 5.10 Å². The van der Waals surface area contributed by atoms with Crippen molar-refractivity contribution in [3.63, 3.8) is 0 Å². The summed E-state index contributed by atoms with van der Waals surface area (Å²) >= 11 is 0. The zero-order valence-corrected chi connectivity index (χ0v) is 16.3. The average molecular weight is 395 g/mol. The fourth-order valence-electron chi connectivity index (χ4n) is 3.56. The molecule has 0 atom stereocenters. The van der Waals surface area contributed by atoms with Gasteiger partial charge in [-0.25, -0.2) is 4.79 Å². The van der Waals surface area contributed by atoms with E-state index in [2.05, 4.69) is 20.7 Å². The maximum absolute atomic E-state index is 11.9. The highest BCUT2D eigenvalue weighted by molar-refractivity contribution is 5.90. The van der Waals surface area contributed by atoms with Crippen molar-refractivity contribution in [2.75, 3.05) is 17.2 Å². The summed E-state index contributed by atoms with van der Waals surface area (Å²) in [5.41, 5.74) is 1.90. The molecular formula is C21H25N5O3. The molecule has 0 unspecified atom stereocenters. The third-order valence-corrected chi connectivity index (χ3v) is 5.04. The smallest absolute Gasteiger partial charge is 0.338 e. The van der Waals surface area contributed by atoms with Gasteiger partial charge in [-0.3, -0.25) is 0 Å². The molecule has 3 N–H and O–H groups in total. The van der Waals surface area contributed by atoms with Crippen molar-refractivity contribution in [2.45, 2.75) is 44.8 Å². The van der Waals surface area contributed by atoms with Crippen molar-refractivity contribution >= 4 is 29.1 Å². The summed E-state index contributed by atoms with van der Waals surface area (Å²) in [6, 6.07) is 13.2. The molecule has 8 heteroatoms. The number of nitrogens with zero attached hydrogens (tertiary/aromatic N) is 3. The molecule has 0 bridgehead atoms. The molecule has 0 amide bonds. The van der Waals surface area contributed by atoms with E-state index >= 15 is 0 Å². The zero-order valence-electron chi connectivity index (χ0n) is 16.3. The van der Waals surface area contributed by atoms with Crippen LogP contribution in [0.25, 0.3) is 5.65 Å². The summed E-state index contributed by atoms with van der Waals surface area (Å²) in [5, 5.41) is 20.9. The third-order valence-electron chi connectivity index (χ3n) is 5.04. The molecule has 1 fully saturated rings. The van der Waals surface area contributed by atoms with Gasteiger partial charge in [0.25, 0.3) is 0 Å². The summed E-state index contributed by atoms with van der Waals surface area (Å²) < 4.78 is 6.82. The molecule has 1 saturated carbocycles. The first-order valence-electron chi connectivity index (χ1n) is 9.97. The fourth-order valence-corrected chi connectivity index (χ4v) is 3.56. The minimum atomic E-state index is -0.358. The number of aliphatic hydroxyl groups is 1. The molecule has 2 aromatic heterocycles. The molecule has 1 aliphatic rings. The highest BCUT2D eigenvalue weighted by Crippen LogP contribution is 2.23. The number of nitrogens with one attached hydrogen (secondary N) is 2.